The van der Waals surface area contributed by atoms with Crippen molar-refractivity contribution in [1.82, 2.24) is 4.98 Å². The molecule has 1 heterocycles. The van der Waals surface area contributed by atoms with Gasteiger partial charge in [0.15, 0.2) is 0 Å². The van der Waals surface area contributed by atoms with Gasteiger partial charge in [-0.05, 0) is 36.2 Å². The van der Waals surface area contributed by atoms with Crippen LogP contribution in [0, 0.1) is 24.0 Å². The summed E-state index contributed by atoms with van der Waals surface area (Å²) in [4.78, 5) is 17.5. The molecule has 0 atom stereocenters. The number of amides is 1. The van der Waals surface area contributed by atoms with Crippen LogP contribution in [-0.4, -0.2) is 23.7 Å². The molecule has 0 spiro atoms. The second-order valence-electron chi connectivity index (χ2n) is 4.99. The first kappa shape index (κ1) is 15.8. The van der Waals surface area contributed by atoms with Crippen molar-refractivity contribution < 1.29 is 13.6 Å². The highest BCUT2D eigenvalue weighted by molar-refractivity contribution is 6.42. The van der Waals surface area contributed by atoms with Crippen LogP contribution < -0.4 is 4.90 Å². The lowest BCUT2D eigenvalue weighted by molar-refractivity contribution is -0.112. The standard InChI is InChI=1S/C16H15F2N3O/c1-10-3-4-15(20-9-10)21(2)16(22)14(19)7-11-5-12(17)8-13(18)6-11/h3-6,8-9,19H,7H2,1-2H3. The van der Waals surface area contributed by atoms with Crippen molar-refractivity contribution in [2.75, 3.05) is 11.9 Å². The Bertz CT molecular complexity index is 694. The van der Waals surface area contributed by atoms with Gasteiger partial charge in [0, 0.05) is 25.7 Å². The van der Waals surface area contributed by atoms with E-state index in [9.17, 15) is 13.6 Å². The van der Waals surface area contributed by atoms with Crippen molar-refractivity contribution >= 4 is 17.4 Å². The molecule has 1 amide bonds. The quantitative estimate of drug-likeness (QED) is 0.883. The van der Waals surface area contributed by atoms with Crippen LogP contribution in [0.5, 0.6) is 0 Å². The number of aryl methyl sites for hydroxylation is 1. The lowest BCUT2D eigenvalue weighted by atomic mass is 10.1. The minimum Gasteiger partial charge on any atom is -0.299 e. The summed E-state index contributed by atoms with van der Waals surface area (Å²) in [5.74, 6) is -1.63. The second kappa shape index (κ2) is 6.43. The number of pyridine rings is 1. The average Bonchev–Trinajstić information content (AvgIpc) is 2.45. The van der Waals surface area contributed by atoms with E-state index in [4.69, 9.17) is 5.41 Å². The first-order valence-electron chi connectivity index (χ1n) is 6.60. The first-order valence-corrected chi connectivity index (χ1v) is 6.60. The van der Waals surface area contributed by atoms with E-state index < -0.39 is 17.5 Å². The number of hydrogen-bond acceptors (Lipinski definition) is 3. The van der Waals surface area contributed by atoms with E-state index in [-0.39, 0.29) is 17.7 Å². The summed E-state index contributed by atoms with van der Waals surface area (Å²) in [6.07, 6.45) is 1.47. The fourth-order valence-electron chi connectivity index (χ4n) is 1.96. The molecule has 2 aromatic rings. The molecule has 0 aliphatic rings. The van der Waals surface area contributed by atoms with Gasteiger partial charge in [0.25, 0.3) is 5.91 Å². The Kier molecular flexibility index (Phi) is 4.60. The molecule has 1 aromatic carbocycles. The van der Waals surface area contributed by atoms with Crippen LogP contribution in [0.25, 0.3) is 0 Å². The predicted molar refractivity (Wildman–Crippen MR) is 80.2 cm³/mol. The molecule has 0 aliphatic carbocycles. The van der Waals surface area contributed by atoms with Crippen molar-refractivity contribution in [3.8, 4) is 0 Å². The lowest BCUT2D eigenvalue weighted by Crippen LogP contribution is -2.34. The number of rotatable bonds is 4. The smallest absolute Gasteiger partial charge is 0.273 e. The van der Waals surface area contributed by atoms with Gasteiger partial charge in [-0.3, -0.25) is 15.1 Å². The van der Waals surface area contributed by atoms with Crippen molar-refractivity contribution in [3.63, 3.8) is 0 Å². The Balaban J connectivity index is 2.11. The molecule has 0 bridgehead atoms. The third-order valence-corrected chi connectivity index (χ3v) is 3.11. The number of carbonyl (C=O) groups is 1. The summed E-state index contributed by atoms with van der Waals surface area (Å²) in [5.41, 5.74) is 0.922. The van der Waals surface area contributed by atoms with E-state index >= 15 is 0 Å². The number of anilines is 1. The van der Waals surface area contributed by atoms with Crippen LogP contribution in [0.1, 0.15) is 11.1 Å². The molecule has 4 nitrogen and oxygen atoms in total. The molecule has 0 radical (unpaired) electrons. The fraction of sp³-hybridized carbons (Fsp3) is 0.188. The zero-order valence-corrected chi connectivity index (χ0v) is 12.2. The zero-order valence-electron chi connectivity index (χ0n) is 12.2. The maximum atomic E-state index is 13.1. The normalized spacial score (nSPS) is 10.4. The summed E-state index contributed by atoms with van der Waals surface area (Å²) in [6.45, 7) is 1.87. The molecule has 114 valence electrons. The molecule has 1 aromatic heterocycles. The number of halogens is 2. The van der Waals surface area contributed by atoms with Gasteiger partial charge in [0.2, 0.25) is 0 Å². The Morgan fingerprint density at radius 1 is 1.23 bits per heavy atom. The van der Waals surface area contributed by atoms with Gasteiger partial charge >= 0.3 is 0 Å². The summed E-state index contributed by atoms with van der Waals surface area (Å²) in [5, 5.41) is 7.83. The van der Waals surface area contributed by atoms with Crippen LogP contribution >= 0.6 is 0 Å². The first-order chi connectivity index (χ1) is 10.4. The Morgan fingerprint density at radius 2 is 1.86 bits per heavy atom. The topological polar surface area (TPSA) is 57.1 Å². The summed E-state index contributed by atoms with van der Waals surface area (Å²) < 4.78 is 26.3. The number of benzene rings is 1. The molecule has 1 N–H and O–H groups in total. The van der Waals surface area contributed by atoms with Gasteiger partial charge in [-0.1, -0.05) is 6.07 Å². The van der Waals surface area contributed by atoms with Gasteiger partial charge in [-0.2, -0.15) is 0 Å². The average molecular weight is 303 g/mol. The third-order valence-electron chi connectivity index (χ3n) is 3.11. The number of nitrogens with zero attached hydrogens (tertiary/aromatic N) is 2. The number of hydrogen-bond donors (Lipinski definition) is 1. The summed E-state index contributed by atoms with van der Waals surface area (Å²) >= 11 is 0. The highest BCUT2D eigenvalue weighted by Crippen LogP contribution is 2.12. The van der Waals surface area contributed by atoms with E-state index in [0.29, 0.717) is 5.82 Å². The van der Waals surface area contributed by atoms with E-state index in [2.05, 4.69) is 4.98 Å². The fourth-order valence-corrected chi connectivity index (χ4v) is 1.96. The minimum atomic E-state index is -0.733. The van der Waals surface area contributed by atoms with Crippen LogP contribution in [0.3, 0.4) is 0 Å². The van der Waals surface area contributed by atoms with Gasteiger partial charge in [-0.15, -0.1) is 0 Å². The van der Waals surface area contributed by atoms with E-state index in [1.807, 2.05) is 6.92 Å². The maximum Gasteiger partial charge on any atom is 0.273 e. The molecule has 6 heteroatoms. The molecular weight excluding hydrogens is 288 g/mol. The molecule has 0 aliphatic heterocycles. The minimum absolute atomic E-state index is 0.149. The molecule has 0 unspecified atom stereocenters. The Labute approximate surface area is 126 Å². The van der Waals surface area contributed by atoms with Gasteiger partial charge in [0.05, 0.1) is 0 Å². The number of aromatic nitrogens is 1. The van der Waals surface area contributed by atoms with E-state index in [1.165, 1.54) is 11.9 Å². The number of nitrogens with one attached hydrogen (secondary N) is 1. The second-order valence-corrected chi connectivity index (χ2v) is 4.99. The van der Waals surface area contributed by atoms with Gasteiger partial charge < -0.3 is 0 Å². The van der Waals surface area contributed by atoms with Crippen LogP contribution in [0.15, 0.2) is 36.5 Å². The van der Waals surface area contributed by atoms with Gasteiger partial charge in [-0.25, -0.2) is 13.8 Å². The van der Waals surface area contributed by atoms with E-state index in [1.54, 1.807) is 18.3 Å². The molecule has 0 fully saturated rings. The monoisotopic (exact) mass is 303 g/mol. The highest BCUT2D eigenvalue weighted by atomic mass is 19.1. The Morgan fingerprint density at radius 3 is 2.41 bits per heavy atom. The zero-order chi connectivity index (χ0) is 16.3. The largest absolute Gasteiger partial charge is 0.299 e. The maximum absolute atomic E-state index is 13.1. The summed E-state index contributed by atoms with van der Waals surface area (Å²) in [6, 6.07) is 6.43. The Hall–Kier alpha value is -2.63. The van der Waals surface area contributed by atoms with Crippen LogP contribution in [-0.2, 0) is 11.2 Å². The summed E-state index contributed by atoms with van der Waals surface area (Å²) in [7, 11) is 1.50. The van der Waals surface area contributed by atoms with Crippen molar-refractivity contribution in [1.29, 1.82) is 5.41 Å². The molecule has 22 heavy (non-hydrogen) atoms. The van der Waals surface area contributed by atoms with Crippen molar-refractivity contribution in [3.05, 3.63) is 59.3 Å². The molecule has 0 saturated carbocycles. The van der Waals surface area contributed by atoms with Crippen molar-refractivity contribution in [2.45, 2.75) is 13.3 Å². The highest BCUT2D eigenvalue weighted by Gasteiger charge is 2.18. The number of carbonyl (C=O) groups excluding carboxylic acids is 1. The molecular formula is C16H15F2N3O. The predicted octanol–water partition coefficient (Wildman–Crippen LogP) is 2.89. The van der Waals surface area contributed by atoms with Crippen molar-refractivity contribution in [2.24, 2.45) is 0 Å². The molecule has 2 rings (SSSR count). The van der Waals surface area contributed by atoms with Crippen LogP contribution in [0.4, 0.5) is 14.6 Å². The third kappa shape index (κ3) is 3.72. The molecule has 0 saturated heterocycles. The van der Waals surface area contributed by atoms with Crippen LogP contribution in [0.2, 0.25) is 0 Å². The van der Waals surface area contributed by atoms with Gasteiger partial charge in [0.1, 0.15) is 23.2 Å². The lowest BCUT2D eigenvalue weighted by Gasteiger charge is -2.16. The van der Waals surface area contributed by atoms with E-state index in [0.717, 1.165) is 23.8 Å². The SMILES string of the molecule is Cc1ccc(N(C)C(=O)C(=N)Cc2cc(F)cc(F)c2)nc1.